The molecule has 0 aliphatic carbocycles. The van der Waals surface area contributed by atoms with Gasteiger partial charge in [0.05, 0.1) is 0 Å². The van der Waals surface area contributed by atoms with Crippen LogP contribution >= 0.6 is 0 Å². The van der Waals surface area contributed by atoms with Crippen LogP contribution in [0, 0.1) is 5.92 Å². The number of hydrogen-bond acceptors (Lipinski definition) is 7. The summed E-state index contributed by atoms with van der Waals surface area (Å²) < 4.78 is 16.0. The predicted octanol–water partition coefficient (Wildman–Crippen LogP) is 3.19. The SMILES string of the molecule is CC(C)CCOC(C)C(=O)OC(C)c1nc(-c2cccnc2)no1. The first-order valence-corrected chi connectivity index (χ1v) is 8.03. The molecule has 0 spiro atoms. The maximum absolute atomic E-state index is 12.0. The van der Waals surface area contributed by atoms with Gasteiger partial charge < -0.3 is 14.0 Å². The van der Waals surface area contributed by atoms with Gasteiger partial charge in [-0.25, -0.2) is 4.79 Å². The molecule has 7 heteroatoms. The summed E-state index contributed by atoms with van der Waals surface area (Å²) in [5.41, 5.74) is 0.733. The highest BCUT2D eigenvalue weighted by Crippen LogP contribution is 2.20. The van der Waals surface area contributed by atoms with Crippen LogP contribution < -0.4 is 0 Å². The van der Waals surface area contributed by atoms with Crippen molar-refractivity contribution in [3.63, 3.8) is 0 Å². The largest absolute Gasteiger partial charge is 0.451 e. The Morgan fingerprint density at radius 3 is 2.75 bits per heavy atom. The summed E-state index contributed by atoms with van der Waals surface area (Å²) in [6, 6.07) is 3.61. The number of esters is 1. The van der Waals surface area contributed by atoms with Crippen LogP contribution in [0.5, 0.6) is 0 Å². The quantitative estimate of drug-likeness (QED) is 0.685. The highest BCUT2D eigenvalue weighted by molar-refractivity contribution is 5.74. The third kappa shape index (κ3) is 5.13. The van der Waals surface area contributed by atoms with Crippen LogP contribution in [0.25, 0.3) is 11.4 Å². The van der Waals surface area contributed by atoms with Crippen molar-refractivity contribution in [2.45, 2.75) is 46.3 Å². The molecule has 0 saturated carbocycles. The summed E-state index contributed by atoms with van der Waals surface area (Å²) in [6.07, 6.45) is 2.91. The first-order chi connectivity index (χ1) is 11.5. The van der Waals surface area contributed by atoms with E-state index in [1.54, 1.807) is 32.3 Å². The second kappa shape index (κ2) is 8.54. The Kier molecular flexibility index (Phi) is 6.43. The topological polar surface area (TPSA) is 87.3 Å². The molecule has 0 radical (unpaired) electrons. The first kappa shape index (κ1) is 18.1. The predicted molar refractivity (Wildman–Crippen MR) is 86.9 cm³/mol. The van der Waals surface area contributed by atoms with Crippen molar-refractivity contribution in [1.82, 2.24) is 15.1 Å². The smallest absolute Gasteiger partial charge is 0.335 e. The highest BCUT2D eigenvalue weighted by Gasteiger charge is 2.23. The van der Waals surface area contributed by atoms with Crippen LogP contribution in [0.3, 0.4) is 0 Å². The van der Waals surface area contributed by atoms with E-state index in [9.17, 15) is 4.79 Å². The molecule has 0 aliphatic heterocycles. The monoisotopic (exact) mass is 333 g/mol. The van der Waals surface area contributed by atoms with E-state index in [0.29, 0.717) is 18.3 Å². The molecular weight excluding hydrogens is 310 g/mol. The number of carbonyl (C=O) groups excluding carboxylic acids is 1. The minimum Gasteiger partial charge on any atom is -0.451 e. The fourth-order valence-electron chi connectivity index (χ4n) is 1.88. The molecule has 0 bridgehead atoms. The molecule has 2 unspecified atom stereocenters. The van der Waals surface area contributed by atoms with Gasteiger partial charge in [0.25, 0.3) is 5.89 Å². The summed E-state index contributed by atoms with van der Waals surface area (Å²) in [4.78, 5) is 20.3. The van der Waals surface area contributed by atoms with Gasteiger partial charge in [-0.3, -0.25) is 4.98 Å². The standard InChI is InChI=1S/C17H23N3O4/c1-11(2)7-9-22-13(4)17(21)23-12(3)16-19-15(20-24-16)14-6-5-8-18-10-14/h5-6,8,10-13H,7,9H2,1-4H3. The van der Waals surface area contributed by atoms with Crippen molar-refractivity contribution in [3.05, 3.63) is 30.4 Å². The van der Waals surface area contributed by atoms with Crippen molar-refractivity contribution in [2.24, 2.45) is 5.92 Å². The third-order valence-electron chi connectivity index (χ3n) is 3.40. The fraction of sp³-hybridized carbons (Fsp3) is 0.529. The van der Waals surface area contributed by atoms with E-state index in [-0.39, 0.29) is 5.89 Å². The molecule has 0 amide bonds. The Labute approximate surface area is 141 Å². The van der Waals surface area contributed by atoms with E-state index in [0.717, 1.165) is 12.0 Å². The lowest BCUT2D eigenvalue weighted by molar-refractivity contribution is -0.162. The lowest BCUT2D eigenvalue weighted by atomic mass is 10.1. The molecule has 0 aliphatic rings. The van der Waals surface area contributed by atoms with Gasteiger partial charge >= 0.3 is 5.97 Å². The zero-order valence-electron chi connectivity index (χ0n) is 14.4. The summed E-state index contributed by atoms with van der Waals surface area (Å²) in [7, 11) is 0. The van der Waals surface area contributed by atoms with Gasteiger partial charge in [-0.1, -0.05) is 19.0 Å². The maximum atomic E-state index is 12.0. The maximum Gasteiger partial charge on any atom is 0.335 e. The van der Waals surface area contributed by atoms with Crippen LogP contribution in [0.15, 0.2) is 29.0 Å². The van der Waals surface area contributed by atoms with Crippen LogP contribution in [0.4, 0.5) is 0 Å². The molecule has 0 N–H and O–H groups in total. The number of aromatic nitrogens is 3. The molecule has 2 atom stereocenters. The Balaban J connectivity index is 1.89. The summed E-state index contributed by atoms with van der Waals surface area (Å²) in [6.45, 7) is 8.07. The van der Waals surface area contributed by atoms with E-state index >= 15 is 0 Å². The van der Waals surface area contributed by atoms with E-state index in [4.69, 9.17) is 14.0 Å². The number of pyridine rings is 1. The average Bonchev–Trinajstić information content (AvgIpc) is 3.05. The van der Waals surface area contributed by atoms with Crippen LogP contribution in [0.1, 0.15) is 46.1 Å². The number of hydrogen-bond donors (Lipinski definition) is 0. The Morgan fingerprint density at radius 2 is 2.08 bits per heavy atom. The molecule has 0 saturated heterocycles. The first-order valence-electron chi connectivity index (χ1n) is 8.03. The minimum atomic E-state index is -0.647. The van der Waals surface area contributed by atoms with Crippen molar-refractivity contribution in [3.8, 4) is 11.4 Å². The molecule has 130 valence electrons. The van der Waals surface area contributed by atoms with Crippen molar-refractivity contribution < 1.29 is 18.8 Å². The van der Waals surface area contributed by atoms with Gasteiger partial charge in [0.1, 0.15) is 0 Å². The Bertz CT molecular complexity index is 642. The van der Waals surface area contributed by atoms with Crippen molar-refractivity contribution in [1.29, 1.82) is 0 Å². The average molecular weight is 333 g/mol. The number of ether oxygens (including phenoxy) is 2. The third-order valence-corrected chi connectivity index (χ3v) is 3.40. The van der Waals surface area contributed by atoms with Crippen molar-refractivity contribution in [2.75, 3.05) is 6.61 Å². The van der Waals surface area contributed by atoms with Crippen LogP contribution in [-0.4, -0.2) is 33.8 Å². The van der Waals surface area contributed by atoms with Gasteiger partial charge in [0.2, 0.25) is 5.82 Å². The highest BCUT2D eigenvalue weighted by atomic mass is 16.6. The molecule has 2 aromatic rings. The molecule has 0 fully saturated rings. The zero-order chi connectivity index (χ0) is 17.5. The molecule has 2 aromatic heterocycles. The van der Waals surface area contributed by atoms with E-state index < -0.39 is 18.2 Å². The summed E-state index contributed by atoms with van der Waals surface area (Å²) in [5.74, 6) is 0.711. The van der Waals surface area contributed by atoms with Gasteiger partial charge in [-0.15, -0.1) is 0 Å². The molecule has 7 nitrogen and oxygen atoms in total. The van der Waals surface area contributed by atoms with Gasteiger partial charge in [-0.2, -0.15) is 4.98 Å². The van der Waals surface area contributed by atoms with Crippen LogP contribution in [0.2, 0.25) is 0 Å². The molecule has 24 heavy (non-hydrogen) atoms. The van der Waals surface area contributed by atoms with E-state index in [1.165, 1.54) is 0 Å². The Hall–Kier alpha value is -2.28. The second-order valence-corrected chi connectivity index (χ2v) is 5.97. The van der Waals surface area contributed by atoms with E-state index in [2.05, 4.69) is 29.0 Å². The van der Waals surface area contributed by atoms with Crippen molar-refractivity contribution >= 4 is 5.97 Å². The van der Waals surface area contributed by atoms with Crippen LogP contribution in [-0.2, 0) is 14.3 Å². The Morgan fingerprint density at radius 1 is 1.29 bits per heavy atom. The normalized spacial score (nSPS) is 13.7. The number of carbonyl (C=O) groups is 1. The van der Waals surface area contributed by atoms with E-state index in [1.807, 2.05) is 6.07 Å². The van der Waals surface area contributed by atoms with Gasteiger partial charge in [0.15, 0.2) is 12.2 Å². The van der Waals surface area contributed by atoms with Gasteiger partial charge in [-0.05, 0) is 38.3 Å². The molecular formula is C17H23N3O4. The van der Waals surface area contributed by atoms with Gasteiger partial charge in [0, 0.05) is 24.6 Å². The molecule has 2 rings (SSSR count). The fourth-order valence-corrected chi connectivity index (χ4v) is 1.88. The molecule has 0 aromatic carbocycles. The lowest BCUT2D eigenvalue weighted by Gasteiger charge is -2.15. The number of rotatable bonds is 8. The lowest BCUT2D eigenvalue weighted by Crippen LogP contribution is -2.25. The molecule has 2 heterocycles. The summed E-state index contributed by atoms with van der Waals surface area (Å²) in [5, 5.41) is 3.88. The zero-order valence-corrected chi connectivity index (χ0v) is 14.4. The minimum absolute atomic E-state index is 0.233. The second-order valence-electron chi connectivity index (χ2n) is 5.97. The number of nitrogens with zero attached hydrogens (tertiary/aromatic N) is 3. The summed E-state index contributed by atoms with van der Waals surface area (Å²) >= 11 is 0.